The lowest BCUT2D eigenvalue weighted by molar-refractivity contribution is -0.113. The number of aromatic nitrogens is 3. The molecular formula is C15H19N5OS2. The normalized spacial score (nSPS) is 18.0. The molecule has 122 valence electrons. The Morgan fingerprint density at radius 2 is 2.39 bits per heavy atom. The van der Waals surface area contributed by atoms with Crippen LogP contribution in [0, 0.1) is 5.92 Å². The van der Waals surface area contributed by atoms with Crippen molar-refractivity contribution in [3.63, 3.8) is 0 Å². The van der Waals surface area contributed by atoms with Gasteiger partial charge < -0.3 is 10.2 Å². The molecule has 23 heavy (non-hydrogen) atoms. The zero-order chi connectivity index (χ0) is 16.1. The number of hydrogen-bond acceptors (Lipinski definition) is 7. The third-order valence-electron chi connectivity index (χ3n) is 3.64. The summed E-state index contributed by atoms with van der Waals surface area (Å²) in [4.78, 5) is 26.9. The van der Waals surface area contributed by atoms with Crippen LogP contribution in [0.4, 0.5) is 10.9 Å². The number of nitrogens with zero attached hydrogens (tertiary/aromatic N) is 4. The van der Waals surface area contributed by atoms with Gasteiger partial charge in [-0.15, -0.1) is 11.3 Å². The summed E-state index contributed by atoms with van der Waals surface area (Å²) in [5, 5.41) is 6.05. The Kier molecular flexibility index (Phi) is 5.45. The zero-order valence-electron chi connectivity index (χ0n) is 12.9. The molecule has 1 aliphatic rings. The maximum absolute atomic E-state index is 11.9. The SMILES string of the molecule is CC1CCCN(c2cc(SCC(=O)Nc3nccs3)ncn2)C1. The molecule has 0 bridgehead atoms. The second kappa shape index (κ2) is 7.74. The molecule has 3 heterocycles. The quantitative estimate of drug-likeness (QED) is 0.661. The first kappa shape index (κ1) is 16.2. The molecule has 2 aromatic heterocycles. The standard InChI is InChI=1S/C15H19N5OS2/c1-11-3-2-5-20(8-11)12-7-14(18-10-17-12)23-9-13(21)19-15-16-4-6-22-15/h4,6-7,10-11H,2-3,5,8-9H2,1H3,(H,16,19,21). The lowest BCUT2D eigenvalue weighted by Crippen LogP contribution is -2.34. The number of rotatable bonds is 5. The Morgan fingerprint density at radius 1 is 1.48 bits per heavy atom. The van der Waals surface area contributed by atoms with Gasteiger partial charge in [-0.25, -0.2) is 15.0 Å². The van der Waals surface area contributed by atoms with Gasteiger partial charge >= 0.3 is 0 Å². The molecule has 1 N–H and O–H groups in total. The summed E-state index contributed by atoms with van der Waals surface area (Å²) in [6, 6.07) is 1.97. The highest BCUT2D eigenvalue weighted by Crippen LogP contribution is 2.24. The maximum Gasteiger partial charge on any atom is 0.236 e. The van der Waals surface area contributed by atoms with Crippen molar-refractivity contribution in [2.75, 3.05) is 29.1 Å². The van der Waals surface area contributed by atoms with Crippen molar-refractivity contribution in [3.05, 3.63) is 24.0 Å². The summed E-state index contributed by atoms with van der Waals surface area (Å²) in [7, 11) is 0. The van der Waals surface area contributed by atoms with Gasteiger partial charge in [-0.3, -0.25) is 4.79 Å². The van der Waals surface area contributed by atoms with Gasteiger partial charge in [0.2, 0.25) is 5.91 Å². The summed E-state index contributed by atoms with van der Waals surface area (Å²) >= 11 is 2.83. The molecule has 8 heteroatoms. The average Bonchev–Trinajstić information content (AvgIpc) is 3.06. The van der Waals surface area contributed by atoms with Crippen LogP contribution in [0.15, 0.2) is 29.0 Å². The summed E-state index contributed by atoms with van der Waals surface area (Å²) in [5.74, 6) is 1.89. The van der Waals surface area contributed by atoms with Crippen LogP contribution in [-0.2, 0) is 4.79 Å². The Balaban J connectivity index is 1.56. The van der Waals surface area contributed by atoms with Gasteiger partial charge in [0.25, 0.3) is 0 Å². The van der Waals surface area contributed by atoms with E-state index in [1.165, 1.54) is 35.9 Å². The van der Waals surface area contributed by atoms with Crippen molar-refractivity contribution in [2.24, 2.45) is 5.92 Å². The van der Waals surface area contributed by atoms with Crippen molar-refractivity contribution in [1.82, 2.24) is 15.0 Å². The van der Waals surface area contributed by atoms with Crippen molar-refractivity contribution in [3.8, 4) is 0 Å². The number of carbonyl (C=O) groups is 1. The molecular weight excluding hydrogens is 330 g/mol. The highest BCUT2D eigenvalue weighted by molar-refractivity contribution is 7.99. The van der Waals surface area contributed by atoms with E-state index in [4.69, 9.17) is 0 Å². The molecule has 1 aliphatic heterocycles. The predicted molar refractivity (Wildman–Crippen MR) is 94.1 cm³/mol. The van der Waals surface area contributed by atoms with Crippen molar-refractivity contribution >= 4 is 40.0 Å². The van der Waals surface area contributed by atoms with E-state index in [2.05, 4.69) is 32.1 Å². The van der Waals surface area contributed by atoms with E-state index in [-0.39, 0.29) is 5.91 Å². The fourth-order valence-electron chi connectivity index (χ4n) is 2.56. The Labute approximate surface area is 143 Å². The monoisotopic (exact) mass is 349 g/mol. The number of thiazole rings is 1. The summed E-state index contributed by atoms with van der Waals surface area (Å²) in [5.41, 5.74) is 0. The Morgan fingerprint density at radius 3 is 3.17 bits per heavy atom. The number of thioether (sulfide) groups is 1. The molecule has 0 saturated carbocycles. The zero-order valence-corrected chi connectivity index (χ0v) is 14.6. The summed E-state index contributed by atoms with van der Waals surface area (Å²) < 4.78 is 0. The fraction of sp³-hybridized carbons (Fsp3) is 0.467. The largest absolute Gasteiger partial charge is 0.356 e. The van der Waals surface area contributed by atoms with Gasteiger partial charge in [0.05, 0.1) is 5.75 Å². The minimum absolute atomic E-state index is 0.0725. The topological polar surface area (TPSA) is 71.0 Å². The molecule has 1 amide bonds. The minimum atomic E-state index is -0.0725. The van der Waals surface area contributed by atoms with Gasteiger partial charge in [0, 0.05) is 30.7 Å². The highest BCUT2D eigenvalue weighted by Gasteiger charge is 2.18. The predicted octanol–water partition coefficient (Wildman–Crippen LogP) is 2.90. The maximum atomic E-state index is 11.9. The summed E-state index contributed by atoms with van der Waals surface area (Å²) in [6.45, 7) is 4.34. The molecule has 3 rings (SSSR count). The number of amides is 1. The van der Waals surface area contributed by atoms with E-state index < -0.39 is 0 Å². The van der Waals surface area contributed by atoms with Crippen molar-refractivity contribution in [1.29, 1.82) is 0 Å². The van der Waals surface area contributed by atoms with Gasteiger partial charge in [-0.2, -0.15) is 0 Å². The lowest BCUT2D eigenvalue weighted by atomic mass is 10.0. The number of hydrogen-bond donors (Lipinski definition) is 1. The molecule has 1 atom stereocenters. The molecule has 0 spiro atoms. The Hall–Kier alpha value is -1.67. The van der Waals surface area contributed by atoms with Crippen LogP contribution in [0.1, 0.15) is 19.8 Å². The molecule has 1 saturated heterocycles. The Bertz CT molecular complexity index is 649. The van der Waals surface area contributed by atoms with Gasteiger partial charge in [0.1, 0.15) is 17.2 Å². The first-order valence-electron chi connectivity index (χ1n) is 7.60. The summed E-state index contributed by atoms with van der Waals surface area (Å²) in [6.07, 6.45) is 5.73. The highest BCUT2D eigenvalue weighted by atomic mass is 32.2. The minimum Gasteiger partial charge on any atom is -0.356 e. The van der Waals surface area contributed by atoms with Crippen LogP contribution in [0.3, 0.4) is 0 Å². The van der Waals surface area contributed by atoms with Gasteiger partial charge in [-0.1, -0.05) is 18.7 Å². The fourth-order valence-corrected chi connectivity index (χ4v) is 3.77. The first-order chi connectivity index (χ1) is 11.2. The number of nitrogens with one attached hydrogen (secondary N) is 1. The second-order valence-corrected chi connectivity index (χ2v) is 7.47. The van der Waals surface area contributed by atoms with Gasteiger partial charge in [-0.05, 0) is 18.8 Å². The van der Waals surface area contributed by atoms with Crippen molar-refractivity contribution in [2.45, 2.75) is 24.8 Å². The van der Waals surface area contributed by atoms with E-state index >= 15 is 0 Å². The number of anilines is 2. The lowest BCUT2D eigenvalue weighted by Gasteiger charge is -2.31. The third kappa shape index (κ3) is 4.65. The third-order valence-corrected chi connectivity index (χ3v) is 5.25. The van der Waals surface area contributed by atoms with E-state index in [0.29, 0.717) is 16.8 Å². The van der Waals surface area contributed by atoms with Crippen LogP contribution < -0.4 is 10.2 Å². The number of piperidine rings is 1. The average molecular weight is 349 g/mol. The van der Waals surface area contributed by atoms with E-state index in [1.54, 1.807) is 12.5 Å². The molecule has 1 fully saturated rings. The smallest absolute Gasteiger partial charge is 0.236 e. The van der Waals surface area contributed by atoms with Crippen LogP contribution in [0.25, 0.3) is 0 Å². The number of carbonyl (C=O) groups excluding carboxylic acids is 1. The van der Waals surface area contributed by atoms with E-state index in [9.17, 15) is 4.79 Å². The second-order valence-electron chi connectivity index (χ2n) is 5.58. The van der Waals surface area contributed by atoms with Crippen LogP contribution in [-0.4, -0.2) is 39.7 Å². The van der Waals surface area contributed by atoms with Gasteiger partial charge in [0.15, 0.2) is 5.13 Å². The molecule has 2 aromatic rings. The molecule has 0 aliphatic carbocycles. The van der Waals surface area contributed by atoms with Crippen LogP contribution in [0.2, 0.25) is 0 Å². The van der Waals surface area contributed by atoms with Crippen LogP contribution >= 0.6 is 23.1 Å². The van der Waals surface area contributed by atoms with E-state index in [0.717, 1.165) is 23.9 Å². The van der Waals surface area contributed by atoms with Crippen LogP contribution in [0.5, 0.6) is 0 Å². The first-order valence-corrected chi connectivity index (χ1v) is 9.46. The molecule has 1 unspecified atom stereocenters. The molecule has 0 aromatic carbocycles. The molecule has 0 radical (unpaired) electrons. The molecule has 6 nitrogen and oxygen atoms in total. The van der Waals surface area contributed by atoms with Crippen molar-refractivity contribution < 1.29 is 4.79 Å². The van der Waals surface area contributed by atoms with E-state index in [1.807, 2.05) is 11.4 Å².